The molecule has 1 rings (SSSR count). The second-order valence-electron chi connectivity index (χ2n) is 5.32. The third-order valence-electron chi connectivity index (χ3n) is 3.47. The molecule has 0 spiro atoms. The molecule has 0 atom stereocenters. The van der Waals surface area contributed by atoms with Gasteiger partial charge >= 0.3 is 0 Å². The number of likely N-dealkylation sites (tertiary alicyclic amines) is 1. The number of guanidine groups is 1. The predicted molar refractivity (Wildman–Crippen MR) is 74.5 cm³/mol. The Balaban J connectivity index is 2.42. The van der Waals surface area contributed by atoms with E-state index in [0.717, 1.165) is 19.0 Å². The highest BCUT2D eigenvalue weighted by molar-refractivity contribution is 5.79. The molecule has 0 aromatic rings. The van der Waals surface area contributed by atoms with Crippen LogP contribution in [0.1, 0.15) is 40.0 Å². The molecule has 0 saturated carbocycles. The zero-order valence-corrected chi connectivity index (χ0v) is 11.8. The van der Waals surface area contributed by atoms with Gasteiger partial charge in [0.1, 0.15) is 0 Å². The van der Waals surface area contributed by atoms with Crippen LogP contribution in [0.15, 0.2) is 4.99 Å². The normalized spacial score (nSPS) is 19.2. The molecule has 1 aliphatic heterocycles. The molecule has 0 unspecified atom stereocenters. The molecule has 4 nitrogen and oxygen atoms in total. The van der Waals surface area contributed by atoms with Crippen LogP contribution in [0.25, 0.3) is 0 Å². The summed E-state index contributed by atoms with van der Waals surface area (Å²) >= 11 is 0. The summed E-state index contributed by atoms with van der Waals surface area (Å²) in [7, 11) is 1.82. The predicted octanol–water partition coefficient (Wildman–Crippen LogP) is 1.44. The summed E-state index contributed by atoms with van der Waals surface area (Å²) in [5.74, 6) is 0.901. The molecule has 1 fully saturated rings. The largest absolute Gasteiger partial charge is 0.357 e. The third kappa shape index (κ3) is 4.54. The van der Waals surface area contributed by atoms with E-state index in [1.54, 1.807) is 0 Å². The van der Waals surface area contributed by atoms with E-state index in [0.29, 0.717) is 0 Å². The van der Waals surface area contributed by atoms with Crippen molar-refractivity contribution in [2.45, 2.75) is 45.6 Å². The Labute approximate surface area is 106 Å². The fourth-order valence-corrected chi connectivity index (χ4v) is 2.30. The molecule has 1 aliphatic rings. The van der Waals surface area contributed by atoms with E-state index in [9.17, 15) is 0 Å². The summed E-state index contributed by atoms with van der Waals surface area (Å²) in [6, 6.07) is 0. The van der Waals surface area contributed by atoms with Crippen LogP contribution in [0.4, 0.5) is 0 Å². The molecule has 0 amide bonds. The number of aliphatic imine (C=N–C) groups is 1. The number of hydrogen-bond donors (Lipinski definition) is 2. The van der Waals surface area contributed by atoms with Crippen LogP contribution < -0.4 is 10.6 Å². The first-order chi connectivity index (χ1) is 8.10. The van der Waals surface area contributed by atoms with Crippen LogP contribution in [-0.4, -0.2) is 49.6 Å². The fourth-order valence-electron chi connectivity index (χ4n) is 2.30. The van der Waals surface area contributed by atoms with Gasteiger partial charge in [-0.05, 0) is 46.7 Å². The van der Waals surface area contributed by atoms with Gasteiger partial charge in [-0.1, -0.05) is 6.42 Å². The van der Waals surface area contributed by atoms with Gasteiger partial charge in [0.15, 0.2) is 5.96 Å². The van der Waals surface area contributed by atoms with Gasteiger partial charge in [0, 0.05) is 25.7 Å². The van der Waals surface area contributed by atoms with Gasteiger partial charge in [-0.15, -0.1) is 0 Å². The lowest BCUT2D eigenvalue weighted by atomic mass is 9.98. The Morgan fingerprint density at radius 2 is 1.82 bits per heavy atom. The van der Waals surface area contributed by atoms with E-state index in [-0.39, 0.29) is 5.54 Å². The summed E-state index contributed by atoms with van der Waals surface area (Å²) in [5, 5.41) is 6.63. The van der Waals surface area contributed by atoms with Gasteiger partial charge in [-0.25, -0.2) is 0 Å². The number of rotatable bonds is 4. The maximum absolute atomic E-state index is 4.20. The maximum Gasteiger partial charge on any atom is 0.191 e. The second-order valence-corrected chi connectivity index (χ2v) is 5.32. The van der Waals surface area contributed by atoms with E-state index >= 15 is 0 Å². The molecule has 2 N–H and O–H groups in total. The summed E-state index contributed by atoms with van der Waals surface area (Å²) in [5.41, 5.74) is 0.200. The van der Waals surface area contributed by atoms with Gasteiger partial charge in [-0.3, -0.25) is 9.89 Å². The molecular weight excluding hydrogens is 212 g/mol. The first kappa shape index (κ1) is 14.3. The highest BCUT2D eigenvalue weighted by Crippen LogP contribution is 2.19. The van der Waals surface area contributed by atoms with E-state index < -0.39 is 0 Å². The second kappa shape index (κ2) is 6.84. The van der Waals surface area contributed by atoms with Crippen molar-refractivity contribution in [3.63, 3.8) is 0 Å². The molecular formula is C13H28N4. The van der Waals surface area contributed by atoms with Crippen molar-refractivity contribution in [3.05, 3.63) is 0 Å². The monoisotopic (exact) mass is 240 g/mol. The first-order valence-electron chi connectivity index (χ1n) is 6.79. The quantitative estimate of drug-likeness (QED) is 0.577. The standard InChI is InChI=1S/C13H28N4/c1-5-15-12(14-4)16-11-13(2,3)17-9-7-6-8-10-17/h5-11H2,1-4H3,(H2,14,15,16). The first-order valence-corrected chi connectivity index (χ1v) is 6.79. The third-order valence-corrected chi connectivity index (χ3v) is 3.47. The Morgan fingerprint density at radius 3 is 2.35 bits per heavy atom. The van der Waals surface area contributed by atoms with Gasteiger partial charge < -0.3 is 10.6 Å². The number of nitrogens with one attached hydrogen (secondary N) is 2. The fraction of sp³-hybridized carbons (Fsp3) is 0.923. The van der Waals surface area contributed by atoms with Crippen molar-refractivity contribution in [1.29, 1.82) is 0 Å². The zero-order valence-electron chi connectivity index (χ0n) is 11.8. The lowest BCUT2D eigenvalue weighted by Crippen LogP contribution is -2.54. The summed E-state index contributed by atoms with van der Waals surface area (Å²) in [6.07, 6.45) is 4.07. The summed E-state index contributed by atoms with van der Waals surface area (Å²) in [4.78, 5) is 6.79. The summed E-state index contributed by atoms with van der Waals surface area (Å²) < 4.78 is 0. The van der Waals surface area contributed by atoms with Gasteiger partial charge in [0.25, 0.3) is 0 Å². The highest BCUT2D eigenvalue weighted by atomic mass is 15.2. The van der Waals surface area contributed by atoms with Crippen LogP contribution in [0, 0.1) is 0 Å². The molecule has 1 heterocycles. The lowest BCUT2D eigenvalue weighted by Gasteiger charge is -2.41. The van der Waals surface area contributed by atoms with Gasteiger partial charge in [0.05, 0.1) is 0 Å². The van der Waals surface area contributed by atoms with Crippen molar-refractivity contribution in [2.24, 2.45) is 4.99 Å². The molecule has 0 aromatic carbocycles. The molecule has 17 heavy (non-hydrogen) atoms. The molecule has 0 radical (unpaired) electrons. The van der Waals surface area contributed by atoms with Crippen LogP contribution in [0.2, 0.25) is 0 Å². The van der Waals surface area contributed by atoms with Crippen LogP contribution in [0.3, 0.4) is 0 Å². The average molecular weight is 240 g/mol. The molecule has 100 valence electrons. The summed E-state index contributed by atoms with van der Waals surface area (Å²) in [6.45, 7) is 11.0. The number of hydrogen-bond acceptors (Lipinski definition) is 2. The molecule has 4 heteroatoms. The van der Waals surface area contributed by atoms with Crippen LogP contribution >= 0.6 is 0 Å². The van der Waals surface area contributed by atoms with E-state index in [2.05, 4.69) is 41.3 Å². The minimum atomic E-state index is 0.200. The van der Waals surface area contributed by atoms with Crippen LogP contribution in [-0.2, 0) is 0 Å². The molecule has 1 saturated heterocycles. The highest BCUT2D eigenvalue weighted by Gasteiger charge is 2.27. The Kier molecular flexibility index (Phi) is 5.75. The van der Waals surface area contributed by atoms with Crippen molar-refractivity contribution < 1.29 is 0 Å². The topological polar surface area (TPSA) is 39.7 Å². The van der Waals surface area contributed by atoms with Gasteiger partial charge in [0.2, 0.25) is 0 Å². The SMILES string of the molecule is CCNC(=NC)NCC(C)(C)N1CCCCC1. The maximum atomic E-state index is 4.20. The molecule has 0 aromatic heterocycles. The zero-order chi connectivity index (χ0) is 12.7. The van der Waals surface area contributed by atoms with E-state index in [1.807, 2.05) is 7.05 Å². The molecule has 0 aliphatic carbocycles. The van der Waals surface area contributed by atoms with E-state index in [1.165, 1.54) is 32.4 Å². The smallest absolute Gasteiger partial charge is 0.191 e. The lowest BCUT2D eigenvalue weighted by molar-refractivity contribution is 0.0982. The minimum absolute atomic E-state index is 0.200. The van der Waals surface area contributed by atoms with E-state index in [4.69, 9.17) is 0 Å². The Hall–Kier alpha value is -0.770. The average Bonchev–Trinajstić information content (AvgIpc) is 2.35. The number of nitrogens with zero attached hydrogens (tertiary/aromatic N) is 2. The van der Waals surface area contributed by atoms with Crippen molar-refractivity contribution in [2.75, 3.05) is 33.2 Å². The van der Waals surface area contributed by atoms with Crippen molar-refractivity contribution >= 4 is 5.96 Å². The number of piperidine rings is 1. The van der Waals surface area contributed by atoms with Crippen LogP contribution in [0.5, 0.6) is 0 Å². The Bertz CT molecular complexity index is 242. The van der Waals surface area contributed by atoms with Gasteiger partial charge in [-0.2, -0.15) is 0 Å². The van der Waals surface area contributed by atoms with Crippen molar-refractivity contribution in [1.82, 2.24) is 15.5 Å². The minimum Gasteiger partial charge on any atom is -0.357 e. The van der Waals surface area contributed by atoms with Crippen molar-refractivity contribution in [3.8, 4) is 0 Å². The Morgan fingerprint density at radius 1 is 1.18 bits per heavy atom. The molecule has 0 bridgehead atoms.